The third-order valence-corrected chi connectivity index (χ3v) is 6.29. The van der Waals surface area contributed by atoms with Gasteiger partial charge in [0.2, 0.25) is 0 Å². The number of benzene rings is 2. The molecular formula is C20H12Cl5F2NO5. The summed E-state index contributed by atoms with van der Waals surface area (Å²) in [7, 11) is 1.28. The van der Waals surface area contributed by atoms with Crippen LogP contribution in [0.1, 0.15) is 16.3 Å². The molecule has 0 aliphatic heterocycles. The predicted octanol–water partition coefficient (Wildman–Crippen LogP) is 7.99. The number of furan rings is 1. The minimum Gasteiger partial charge on any atom is -0.493 e. The van der Waals surface area contributed by atoms with E-state index in [1.54, 1.807) is 0 Å². The minimum atomic E-state index is -3.02. The number of hydrogen-bond acceptors (Lipinski definition) is 5. The first-order valence-electron chi connectivity index (χ1n) is 8.79. The van der Waals surface area contributed by atoms with Gasteiger partial charge in [0, 0.05) is 11.8 Å². The SMILES string of the molecule is COc1cc(NC(=O)c2ccc(COc3c(Cl)c(Cl)c(Cl)c(Cl)c3Cl)o2)ccc1OC(F)F. The summed E-state index contributed by atoms with van der Waals surface area (Å²) in [6, 6.07) is 6.82. The Morgan fingerprint density at radius 1 is 0.970 bits per heavy atom. The molecule has 0 radical (unpaired) electrons. The highest BCUT2D eigenvalue weighted by Gasteiger charge is 2.21. The van der Waals surface area contributed by atoms with Crippen molar-refractivity contribution in [2.24, 2.45) is 0 Å². The van der Waals surface area contributed by atoms with Gasteiger partial charge in [0.25, 0.3) is 5.91 Å². The average molecular weight is 562 g/mol. The lowest BCUT2D eigenvalue weighted by Crippen LogP contribution is -2.11. The molecule has 176 valence electrons. The number of carbonyl (C=O) groups excluding carboxylic acids is 1. The summed E-state index contributed by atoms with van der Waals surface area (Å²) in [5.74, 6) is -0.575. The average Bonchev–Trinajstić information content (AvgIpc) is 3.26. The predicted molar refractivity (Wildman–Crippen MR) is 122 cm³/mol. The molecule has 0 spiro atoms. The highest BCUT2D eigenvalue weighted by molar-refractivity contribution is 6.55. The molecule has 0 saturated carbocycles. The van der Waals surface area contributed by atoms with Crippen LogP contribution in [-0.4, -0.2) is 19.6 Å². The van der Waals surface area contributed by atoms with Crippen molar-refractivity contribution in [3.8, 4) is 17.2 Å². The van der Waals surface area contributed by atoms with Crippen molar-refractivity contribution >= 4 is 69.6 Å². The number of amides is 1. The van der Waals surface area contributed by atoms with Crippen molar-refractivity contribution in [3.05, 3.63) is 67.0 Å². The third-order valence-electron chi connectivity index (χ3n) is 4.05. The molecule has 3 rings (SSSR count). The van der Waals surface area contributed by atoms with E-state index in [2.05, 4.69) is 10.1 Å². The summed E-state index contributed by atoms with van der Waals surface area (Å²) >= 11 is 30.2. The first-order valence-corrected chi connectivity index (χ1v) is 10.7. The lowest BCUT2D eigenvalue weighted by atomic mass is 10.2. The first-order chi connectivity index (χ1) is 15.6. The number of anilines is 1. The van der Waals surface area contributed by atoms with Crippen LogP contribution in [0, 0.1) is 0 Å². The van der Waals surface area contributed by atoms with Gasteiger partial charge in [-0.2, -0.15) is 8.78 Å². The van der Waals surface area contributed by atoms with E-state index in [4.69, 9.17) is 71.9 Å². The molecule has 0 bridgehead atoms. The zero-order valence-electron chi connectivity index (χ0n) is 16.4. The van der Waals surface area contributed by atoms with Crippen molar-refractivity contribution in [1.82, 2.24) is 0 Å². The normalized spacial score (nSPS) is 10.9. The van der Waals surface area contributed by atoms with E-state index in [0.29, 0.717) is 0 Å². The van der Waals surface area contributed by atoms with Crippen molar-refractivity contribution in [3.63, 3.8) is 0 Å². The van der Waals surface area contributed by atoms with Crippen LogP contribution in [0.25, 0.3) is 0 Å². The Morgan fingerprint density at radius 2 is 1.61 bits per heavy atom. The van der Waals surface area contributed by atoms with Crippen LogP contribution < -0.4 is 19.5 Å². The smallest absolute Gasteiger partial charge is 0.387 e. The molecule has 0 atom stereocenters. The van der Waals surface area contributed by atoms with E-state index < -0.39 is 12.5 Å². The van der Waals surface area contributed by atoms with Crippen LogP contribution in [-0.2, 0) is 6.61 Å². The first kappa shape index (κ1) is 25.5. The van der Waals surface area contributed by atoms with Crippen molar-refractivity contribution in [1.29, 1.82) is 0 Å². The van der Waals surface area contributed by atoms with E-state index in [0.717, 1.165) is 0 Å². The van der Waals surface area contributed by atoms with Gasteiger partial charge in [0.15, 0.2) is 23.0 Å². The summed E-state index contributed by atoms with van der Waals surface area (Å²) in [6.07, 6.45) is 0. The zero-order chi connectivity index (χ0) is 24.3. The van der Waals surface area contributed by atoms with E-state index in [9.17, 15) is 13.6 Å². The molecule has 0 fully saturated rings. The summed E-state index contributed by atoms with van der Waals surface area (Å²) in [5, 5.41) is 2.42. The van der Waals surface area contributed by atoms with E-state index in [1.807, 2.05) is 0 Å². The number of nitrogens with one attached hydrogen (secondary N) is 1. The molecule has 6 nitrogen and oxygen atoms in total. The Balaban J connectivity index is 1.69. The second-order valence-corrected chi connectivity index (χ2v) is 8.04. The molecule has 0 aliphatic rings. The highest BCUT2D eigenvalue weighted by Crippen LogP contribution is 2.48. The van der Waals surface area contributed by atoms with Gasteiger partial charge in [-0.05, 0) is 24.3 Å². The maximum atomic E-state index is 12.5. The molecule has 33 heavy (non-hydrogen) atoms. The molecule has 13 heteroatoms. The monoisotopic (exact) mass is 559 g/mol. The van der Waals surface area contributed by atoms with Gasteiger partial charge in [0.1, 0.15) is 22.4 Å². The van der Waals surface area contributed by atoms with Gasteiger partial charge in [-0.25, -0.2) is 0 Å². The molecule has 3 aromatic rings. The van der Waals surface area contributed by atoms with Crippen molar-refractivity contribution < 1.29 is 32.2 Å². The second kappa shape index (κ2) is 10.9. The number of methoxy groups -OCH3 is 1. The molecule has 1 heterocycles. The van der Waals surface area contributed by atoms with Crippen LogP contribution in [0.2, 0.25) is 25.1 Å². The zero-order valence-corrected chi connectivity index (χ0v) is 20.1. The van der Waals surface area contributed by atoms with Crippen LogP contribution in [0.5, 0.6) is 17.2 Å². The maximum absolute atomic E-state index is 12.5. The highest BCUT2D eigenvalue weighted by atomic mass is 35.5. The van der Waals surface area contributed by atoms with E-state index >= 15 is 0 Å². The Bertz CT molecular complexity index is 1160. The number of carbonyl (C=O) groups is 1. The van der Waals surface area contributed by atoms with Gasteiger partial charge in [-0.1, -0.05) is 58.0 Å². The summed E-state index contributed by atoms with van der Waals surface area (Å²) in [6.45, 7) is -3.18. The molecule has 1 N–H and O–H groups in total. The Morgan fingerprint density at radius 3 is 2.21 bits per heavy atom. The van der Waals surface area contributed by atoms with Crippen molar-refractivity contribution in [2.75, 3.05) is 12.4 Å². The standard InChI is InChI=1S/C20H12Cl5F2NO5/c1-30-12-6-8(2-4-10(12)33-20(26)27)28-19(29)11-5-3-9(32-11)7-31-18-16(24)14(22)13(21)15(23)17(18)25/h2-6,20H,7H2,1H3,(H,28,29). The summed E-state index contributed by atoms with van der Waals surface area (Å²) < 4.78 is 45.2. The topological polar surface area (TPSA) is 69.9 Å². The summed E-state index contributed by atoms with van der Waals surface area (Å²) in [5.41, 5.74) is 0.261. The van der Waals surface area contributed by atoms with Crippen LogP contribution in [0.4, 0.5) is 14.5 Å². The molecule has 0 unspecified atom stereocenters. The molecule has 1 aromatic heterocycles. The fourth-order valence-corrected chi connectivity index (χ4v) is 3.79. The second-order valence-electron chi connectivity index (χ2n) is 6.15. The minimum absolute atomic E-state index is 0.00154. The van der Waals surface area contributed by atoms with Gasteiger partial charge < -0.3 is 23.9 Å². The number of ether oxygens (including phenoxy) is 3. The van der Waals surface area contributed by atoms with Gasteiger partial charge in [-0.3, -0.25) is 4.79 Å². The Kier molecular flexibility index (Phi) is 8.42. The molecule has 0 saturated heterocycles. The Labute approximate surface area is 211 Å². The molecule has 0 aliphatic carbocycles. The summed E-state index contributed by atoms with van der Waals surface area (Å²) in [4.78, 5) is 12.5. The third kappa shape index (κ3) is 5.88. The molecule has 2 aromatic carbocycles. The quantitative estimate of drug-likeness (QED) is 0.223. The van der Waals surface area contributed by atoms with Crippen molar-refractivity contribution in [2.45, 2.75) is 13.2 Å². The number of halogens is 7. The Hall–Kier alpha value is -2.10. The van der Waals surface area contributed by atoms with Gasteiger partial charge in [0.05, 0.1) is 22.2 Å². The lowest BCUT2D eigenvalue weighted by molar-refractivity contribution is -0.0512. The molecular weight excluding hydrogens is 549 g/mol. The largest absolute Gasteiger partial charge is 0.493 e. The van der Waals surface area contributed by atoms with Crippen LogP contribution >= 0.6 is 58.0 Å². The van der Waals surface area contributed by atoms with Gasteiger partial charge in [-0.15, -0.1) is 0 Å². The number of hydrogen-bond donors (Lipinski definition) is 1. The number of alkyl halides is 2. The van der Waals surface area contributed by atoms with E-state index in [1.165, 1.54) is 37.4 Å². The lowest BCUT2D eigenvalue weighted by Gasteiger charge is -2.13. The van der Waals surface area contributed by atoms with E-state index in [-0.39, 0.29) is 66.2 Å². The number of rotatable bonds is 8. The molecule has 1 amide bonds. The van der Waals surface area contributed by atoms with Crippen LogP contribution in [0.15, 0.2) is 34.7 Å². The maximum Gasteiger partial charge on any atom is 0.387 e. The fraction of sp³-hybridized carbons (Fsp3) is 0.150. The van der Waals surface area contributed by atoms with Gasteiger partial charge >= 0.3 is 6.61 Å². The fourth-order valence-electron chi connectivity index (χ4n) is 2.56. The van der Waals surface area contributed by atoms with Crippen LogP contribution in [0.3, 0.4) is 0 Å².